The first kappa shape index (κ1) is 14.2. The summed E-state index contributed by atoms with van der Waals surface area (Å²) in [6, 6.07) is 6.03. The van der Waals surface area contributed by atoms with Gasteiger partial charge in [-0.25, -0.2) is 0 Å². The summed E-state index contributed by atoms with van der Waals surface area (Å²) in [5, 5.41) is 10.1. The van der Waals surface area contributed by atoms with Gasteiger partial charge in [0.2, 0.25) is 0 Å². The monoisotopic (exact) mass is 263 g/mol. The number of aliphatic hydroxyl groups is 1. The number of benzene rings is 1. The van der Waals surface area contributed by atoms with Crippen molar-refractivity contribution in [2.24, 2.45) is 5.92 Å². The van der Waals surface area contributed by atoms with E-state index in [1.807, 2.05) is 19.1 Å². The predicted octanol–water partition coefficient (Wildman–Crippen LogP) is 3.37. The second kappa shape index (κ2) is 6.29. The molecule has 1 unspecified atom stereocenters. The normalized spacial score (nSPS) is 21.3. The van der Waals surface area contributed by atoms with Gasteiger partial charge in [-0.2, -0.15) is 0 Å². The molecular formula is C16H25NO2. The van der Waals surface area contributed by atoms with E-state index in [1.54, 1.807) is 7.11 Å². The van der Waals surface area contributed by atoms with Crippen LogP contribution in [0.1, 0.15) is 44.8 Å². The van der Waals surface area contributed by atoms with Crippen molar-refractivity contribution in [2.75, 3.05) is 25.1 Å². The fraction of sp³-hybridized carbons (Fsp3) is 0.625. The average Bonchev–Trinajstić information content (AvgIpc) is 2.46. The molecule has 1 saturated heterocycles. The highest BCUT2D eigenvalue weighted by molar-refractivity contribution is 5.60. The Morgan fingerprint density at radius 2 is 2.26 bits per heavy atom. The Morgan fingerprint density at radius 1 is 1.47 bits per heavy atom. The fourth-order valence-electron chi connectivity index (χ4n) is 3.02. The van der Waals surface area contributed by atoms with E-state index in [-0.39, 0.29) is 0 Å². The minimum atomic E-state index is -0.506. The second-order valence-corrected chi connectivity index (χ2v) is 5.43. The summed E-state index contributed by atoms with van der Waals surface area (Å²) in [6.45, 7) is 6.23. The molecule has 2 rings (SSSR count). The molecule has 3 nitrogen and oxygen atoms in total. The third kappa shape index (κ3) is 3.03. The lowest BCUT2D eigenvalue weighted by Crippen LogP contribution is -2.35. The quantitative estimate of drug-likeness (QED) is 0.904. The summed E-state index contributed by atoms with van der Waals surface area (Å²) in [5.74, 6) is 1.55. The number of aliphatic hydroxyl groups excluding tert-OH is 1. The van der Waals surface area contributed by atoms with E-state index in [9.17, 15) is 5.11 Å². The van der Waals surface area contributed by atoms with Gasteiger partial charge in [-0.05, 0) is 37.8 Å². The first-order chi connectivity index (χ1) is 9.17. The lowest BCUT2D eigenvalue weighted by molar-refractivity contribution is 0.194. The molecule has 0 aliphatic carbocycles. The standard InChI is InChI=1S/C16H25NO2/c1-4-13-7-6-10-17(11-13)14-8-5-9-15(19-3)16(14)12(2)18/h5,8-9,12-13,18H,4,6-7,10-11H2,1-3H3/t12-,13?/m1/s1. The van der Waals surface area contributed by atoms with Crippen LogP contribution in [0.2, 0.25) is 0 Å². The molecule has 19 heavy (non-hydrogen) atoms. The van der Waals surface area contributed by atoms with Gasteiger partial charge in [0.05, 0.1) is 13.2 Å². The molecule has 1 N–H and O–H groups in total. The van der Waals surface area contributed by atoms with Crippen molar-refractivity contribution in [3.63, 3.8) is 0 Å². The third-order valence-corrected chi connectivity index (χ3v) is 4.12. The summed E-state index contributed by atoms with van der Waals surface area (Å²) in [4.78, 5) is 2.41. The number of nitrogens with zero attached hydrogens (tertiary/aromatic N) is 1. The largest absolute Gasteiger partial charge is 0.496 e. The molecule has 106 valence electrons. The Balaban J connectivity index is 2.33. The molecule has 0 radical (unpaired) electrons. The van der Waals surface area contributed by atoms with Gasteiger partial charge in [0, 0.05) is 24.3 Å². The maximum Gasteiger partial charge on any atom is 0.126 e. The van der Waals surface area contributed by atoms with Crippen LogP contribution in [0.4, 0.5) is 5.69 Å². The third-order valence-electron chi connectivity index (χ3n) is 4.12. The maximum atomic E-state index is 10.1. The van der Waals surface area contributed by atoms with Gasteiger partial charge in [0.15, 0.2) is 0 Å². The molecule has 0 spiro atoms. The number of methoxy groups -OCH3 is 1. The fourth-order valence-corrected chi connectivity index (χ4v) is 3.02. The molecule has 0 saturated carbocycles. The van der Waals surface area contributed by atoms with Crippen LogP contribution >= 0.6 is 0 Å². The second-order valence-electron chi connectivity index (χ2n) is 5.43. The lowest BCUT2D eigenvalue weighted by atomic mass is 9.94. The van der Waals surface area contributed by atoms with Crippen LogP contribution in [0.5, 0.6) is 5.75 Å². The van der Waals surface area contributed by atoms with Gasteiger partial charge < -0.3 is 14.7 Å². The highest BCUT2D eigenvalue weighted by Crippen LogP contribution is 2.36. The van der Waals surface area contributed by atoms with E-state index >= 15 is 0 Å². The minimum Gasteiger partial charge on any atom is -0.496 e. The number of piperidine rings is 1. The number of anilines is 1. The van der Waals surface area contributed by atoms with Crippen molar-refractivity contribution in [1.82, 2.24) is 0 Å². The van der Waals surface area contributed by atoms with E-state index in [0.717, 1.165) is 36.0 Å². The van der Waals surface area contributed by atoms with Crippen LogP contribution < -0.4 is 9.64 Å². The summed E-state index contributed by atoms with van der Waals surface area (Å²) in [7, 11) is 1.66. The van der Waals surface area contributed by atoms with E-state index in [1.165, 1.54) is 19.3 Å². The Hall–Kier alpha value is -1.22. The van der Waals surface area contributed by atoms with Crippen LogP contribution in [-0.4, -0.2) is 25.3 Å². The highest BCUT2D eigenvalue weighted by Gasteiger charge is 2.23. The van der Waals surface area contributed by atoms with Crippen LogP contribution in [0.3, 0.4) is 0 Å². The van der Waals surface area contributed by atoms with Crippen molar-refractivity contribution in [2.45, 2.75) is 39.2 Å². The van der Waals surface area contributed by atoms with Crippen molar-refractivity contribution in [1.29, 1.82) is 0 Å². The number of ether oxygens (including phenoxy) is 1. The first-order valence-electron chi connectivity index (χ1n) is 7.27. The molecule has 1 heterocycles. The summed E-state index contributed by atoms with van der Waals surface area (Å²) in [5.41, 5.74) is 2.05. The van der Waals surface area contributed by atoms with Crippen LogP contribution in [0, 0.1) is 5.92 Å². The van der Waals surface area contributed by atoms with Crippen LogP contribution in [0.15, 0.2) is 18.2 Å². The van der Waals surface area contributed by atoms with Gasteiger partial charge >= 0.3 is 0 Å². The highest BCUT2D eigenvalue weighted by atomic mass is 16.5. The topological polar surface area (TPSA) is 32.7 Å². The van der Waals surface area contributed by atoms with E-state index < -0.39 is 6.10 Å². The SMILES string of the molecule is CCC1CCCN(c2cccc(OC)c2[C@@H](C)O)C1. The molecule has 0 amide bonds. The molecule has 1 fully saturated rings. The summed E-state index contributed by atoms with van der Waals surface area (Å²) >= 11 is 0. The van der Waals surface area contributed by atoms with Crippen LogP contribution in [0.25, 0.3) is 0 Å². The van der Waals surface area contributed by atoms with E-state index in [0.29, 0.717) is 0 Å². The molecule has 0 bridgehead atoms. The van der Waals surface area contributed by atoms with E-state index in [2.05, 4.69) is 17.9 Å². The number of rotatable bonds is 4. The Morgan fingerprint density at radius 3 is 2.89 bits per heavy atom. The van der Waals surface area contributed by atoms with Crippen molar-refractivity contribution in [3.8, 4) is 5.75 Å². The maximum absolute atomic E-state index is 10.1. The Bertz CT molecular complexity index is 417. The average molecular weight is 263 g/mol. The van der Waals surface area contributed by atoms with Gasteiger partial charge in [0.1, 0.15) is 5.75 Å². The molecular weight excluding hydrogens is 238 g/mol. The Kier molecular flexibility index (Phi) is 4.70. The van der Waals surface area contributed by atoms with E-state index in [4.69, 9.17) is 4.74 Å². The number of hydrogen-bond donors (Lipinski definition) is 1. The zero-order valence-corrected chi connectivity index (χ0v) is 12.2. The van der Waals surface area contributed by atoms with Gasteiger partial charge in [0.25, 0.3) is 0 Å². The predicted molar refractivity (Wildman–Crippen MR) is 78.9 cm³/mol. The van der Waals surface area contributed by atoms with Crippen molar-refractivity contribution < 1.29 is 9.84 Å². The van der Waals surface area contributed by atoms with Crippen molar-refractivity contribution >= 4 is 5.69 Å². The Labute approximate surface area is 116 Å². The van der Waals surface area contributed by atoms with Crippen LogP contribution in [-0.2, 0) is 0 Å². The molecule has 1 aliphatic rings. The zero-order valence-electron chi connectivity index (χ0n) is 12.2. The van der Waals surface area contributed by atoms with Gasteiger partial charge in [-0.15, -0.1) is 0 Å². The first-order valence-corrected chi connectivity index (χ1v) is 7.27. The minimum absolute atomic E-state index is 0.506. The lowest BCUT2D eigenvalue weighted by Gasteiger charge is -2.36. The molecule has 1 aliphatic heterocycles. The molecule has 2 atom stereocenters. The molecule has 1 aromatic rings. The van der Waals surface area contributed by atoms with Gasteiger partial charge in [-0.3, -0.25) is 0 Å². The van der Waals surface area contributed by atoms with Gasteiger partial charge in [-0.1, -0.05) is 19.4 Å². The zero-order chi connectivity index (χ0) is 13.8. The smallest absolute Gasteiger partial charge is 0.126 e. The number of hydrogen-bond acceptors (Lipinski definition) is 3. The molecule has 0 aromatic heterocycles. The summed E-state index contributed by atoms with van der Waals surface area (Å²) in [6.07, 6.45) is 3.27. The van der Waals surface area contributed by atoms with Crippen molar-refractivity contribution in [3.05, 3.63) is 23.8 Å². The summed E-state index contributed by atoms with van der Waals surface area (Å²) < 4.78 is 5.40. The molecule has 1 aromatic carbocycles. The molecule has 3 heteroatoms.